The van der Waals surface area contributed by atoms with E-state index >= 15 is 0 Å². The summed E-state index contributed by atoms with van der Waals surface area (Å²) < 4.78 is 51.5. The molecule has 1 heterocycles. The summed E-state index contributed by atoms with van der Waals surface area (Å²) in [5.41, 5.74) is 0.966. The number of anilines is 2. The van der Waals surface area contributed by atoms with Gasteiger partial charge in [0.15, 0.2) is 23.1 Å². The highest BCUT2D eigenvalue weighted by Gasteiger charge is 2.21. The van der Waals surface area contributed by atoms with Crippen LogP contribution in [0.3, 0.4) is 0 Å². The third-order valence-corrected chi connectivity index (χ3v) is 4.23. The molecular weight excluding hydrogens is 347 g/mol. The Bertz CT molecular complexity index is 1060. The zero-order valence-corrected chi connectivity index (χ0v) is 13.8. The van der Waals surface area contributed by atoms with Crippen LogP contribution in [-0.4, -0.2) is 24.4 Å². The molecule has 2 aliphatic rings. The molecule has 0 spiro atoms. The maximum Gasteiger partial charge on any atom is 0.161 e. The maximum atomic E-state index is 13.9. The minimum atomic E-state index is -1.02. The minimum Gasteiger partial charge on any atom is -0.493 e. The highest BCUT2D eigenvalue weighted by molar-refractivity contribution is 6.05. The van der Waals surface area contributed by atoms with Gasteiger partial charge in [0, 0.05) is 23.1 Å². The molecule has 0 saturated carbocycles. The second kappa shape index (κ2) is 5.91. The summed E-state index contributed by atoms with van der Waals surface area (Å²) in [5.74, 6) is -1.55. The lowest BCUT2D eigenvalue weighted by Gasteiger charge is -2.07. The van der Waals surface area contributed by atoms with E-state index in [4.69, 9.17) is 9.47 Å². The Labute approximate surface area is 146 Å². The second-order valence-electron chi connectivity index (χ2n) is 5.72. The van der Waals surface area contributed by atoms with E-state index in [-0.39, 0.29) is 0 Å². The summed E-state index contributed by atoms with van der Waals surface area (Å²) in [5, 5.41) is 10.2. The molecule has 0 atom stereocenters. The Morgan fingerprint density at radius 2 is 1.50 bits per heavy atom. The van der Waals surface area contributed by atoms with Crippen molar-refractivity contribution in [1.29, 1.82) is 0 Å². The van der Waals surface area contributed by atoms with Crippen LogP contribution in [0.15, 0.2) is 30.3 Å². The summed E-state index contributed by atoms with van der Waals surface area (Å²) >= 11 is 0. The number of ether oxygens (including phenoxy) is 2. The van der Waals surface area contributed by atoms with Crippen LogP contribution in [0, 0.1) is 17.5 Å². The monoisotopic (exact) mass is 361 g/mol. The topological polar surface area (TPSA) is 62.1 Å². The van der Waals surface area contributed by atoms with E-state index in [1.54, 1.807) is 7.11 Å². The molecule has 0 radical (unpaired) electrons. The van der Waals surface area contributed by atoms with E-state index in [1.807, 2.05) is 18.2 Å². The van der Waals surface area contributed by atoms with Crippen LogP contribution >= 0.6 is 0 Å². The van der Waals surface area contributed by atoms with E-state index in [9.17, 15) is 13.2 Å². The van der Waals surface area contributed by atoms with Gasteiger partial charge in [-0.25, -0.2) is 13.2 Å². The molecule has 134 valence electrons. The van der Waals surface area contributed by atoms with Crippen LogP contribution in [0.25, 0.3) is 22.0 Å². The number of hydrogen-bond acceptors (Lipinski definition) is 3. The van der Waals surface area contributed by atoms with Crippen molar-refractivity contribution < 1.29 is 22.6 Å². The number of methoxy groups -OCH3 is 2. The average molecular weight is 361 g/mol. The van der Waals surface area contributed by atoms with Crippen molar-refractivity contribution in [3.05, 3.63) is 47.8 Å². The SMILES string of the molecule is COc1cc2cc3c(Nc4c(F)cc(F)cc4F)[nH][nH]c-3c2cc1OC. The molecule has 5 nitrogen and oxygen atoms in total. The number of benzene rings is 2. The quantitative estimate of drug-likeness (QED) is 0.490. The number of fused-ring (bicyclic) bond motifs is 3. The molecule has 0 saturated heterocycles. The van der Waals surface area contributed by atoms with Crippen molar-refractivity contribution in [3.63, 3.8) is 0 Å². The molecule has 0 bridgehead atoms. The van der Waals surface area contributed by atoms with Gasteiger partial charge in [0.05, 0.1) is 19.9 Å². The third-order valence-electron chi connectivity index (χ3n) is 4.23. The van der Waals surface area contributed by atoms with E-state index in [0.717, 1.165) is 16.5 Å². The van der Waals surface area contributed by atoms with Crippen molar-refractivity contribution >= 4 is 22.3 Å². The molecule has 1 aliphatic heterocycles. The van der Waals surface area contributed by atoms with Gasteiger partial charge in [0.25, 0.3) is 0 Å². The molecule has 0 fully saturated rings. The molecule has 3 N–H and O–H groups in total. The fourth-order valence-electron chi connectivity index (χ4n) is 3.01. The Morgan fingerprint density at radius 1 is 0.846 bits per heavy atom. The standard InChI is InChI=1S/C18H14F3N3O2/c1-25-14-4-8-3-11-16(10(8)7-15(14)26-2)23-24-18(11)22-17-12(20)5-9(19)6-13(17)21/h3-7,22-24H,1-2H3. The zero-order chi connectivity index (χ0) is 18.4. The number of hydrogen-bond donors (Lipinski definition) is 3. The van der Waals surface area contributed by atoms with Gasteiger partial charge in [-0.15, -0.1) is 0 Å². The molecule has 2 aromatic rings. The van der Waals surface area contributed by atoms with Crippen LogP contribution < -0.4 is 14.8 Å². The van der Waals surface area contributed by atoms with Gasteiger partial charge in [0.2, 0.25) is 0 Å². The van der Waals surface area contributed by atoms with Gasteiger partial charge in [0.1, 0.15) is 17.3 Å². The normalized spacial score (nSPS) is 11.3. The minimum absolute atomic E-state index is 0.346. The van der Waals surface area contributed by atoms with Crippen molar-refractivity contribution in [2.24, 2.45) is 0 Å². The van der Waals surface area contributed by atoms with Crippen molar-refractivity contribution in [2.45, 2.75) is 0 Å². The van der Waals surface area contributed by atoms with E-state index in [1.165, 1.54) is 7.11 Å². The van der Waals surface area contributed by atoms with Crippen LogP contribution in [-0.2, 0) is 0 Å². The molecule has 0 aromatic heterocycles. The van der Waals surface area contributed by atoms with Crippen LogP contribution in [0.4, 0.5) is 24.7 Å². The molecule has 4 rings (SSSR count). The summed E-state index contributed by atoms with van der Waals surface area (Å²) in [6.45, 7) is 0. The third kappa shape index (κ3) is 2.42. The fraction of sp³-hybridized carbons (Fsp3) is 0.111. The van der Waals surface area contributed by atoms with Gasteiger partial charge in [-0.1, -0.05) is 0 Å². The molecule has 8 heteroatoms. The smallest absolute Gasteiger partial charge is 0.161 e. The predicted molar refractivity (Wildman–Crippen MR) is 92.0 cm³/mol. The summed E-state index contributed by atoms with van der Waals surface area (Å²) in [4.78, 5) is 0. The summed E-state index contributed by atoms with van der Waals surface area (Å²) in [7, 11) is 3.08. The molecule has 1 aliphatic carbocycles. The first-order valence-electron chi connectivity index (χ1n) is 7.68. The molecule has 0 unspecified atom stereocenters. The average Bonchev–Trinajstić information content (AvgIpc) is 3.15. The lowest BCUT2D eigenvalue weighted by atomic mass is 10.2. The largest absolute Gasteiger partial charge is 0.493 e. The Hall–Kier alpha value is -3.29. The number of nitrogens with one attached hydrogen (secondary N) is 3. The fourth-order valence-corrected chi connectivity index (χ4v) is 3.01. The van der Waals surface area contributed by atoms with Crippen LogP contribution in [0.5, 0.6) is 11.5 Å². The van der Waals surface area contributed by atoms with Crippen molar-refractivity contribution in [1.82, 2.24) is 10.2 Å². The Balaban J connectivity index is 1.81. The summed E-state index contributed by atoms with van der Waals surface area (Å²) in [6.07, 6.45) is 0. The first-order valence-corrected chi connectivity index (χ1v) is 7.68. The Morgan fingerprint density at radius 3 is 2.15 bits per heavy atom. The van der Waals surface area contributed by atoms with Gasteiger partial charge in [-0.05, 0) is 23.6 Å². The van der Waals surface area contributed by atoms with Crippen molar-refractivity contribution in [3.8, 4) is 22.8 Å². The molecule has 2 aromatic carbocycles. The molecule has 0 amide bonds. The number of halogens is 3. The predicted octanol–water partition coefficient (Wildman–Crippen LogP) is 4.78. The summed E-state index contributed by atoms with van der Waals surface area (Å²) in [6, 6.07) is 6.69. The van der Waals surface area contributed by atoms with Gasteiger partial charge >= 0.3 is 0 Å². The molecular formula is C18H14F3N3O2. The number of aromatic amines is 2. The van der Waals surface area contributed by atoms with Crippen molar-refractivity contribution in [2.75, 3.05) is 19.5 Å². The van der Waals surface area contributed by atoms with Crippen LogP contribution in [0.2, 0.25) is 0 Å². The first-order chi connectivity index (χ1) is 12.5. The maximum absolute atomic E-state index is 13.9. The first kappa shape index (κ1) is 16.2. The number of rotatable bonds is 4. The highest BCUT2D eigenvalue weighted by atomic mass is 19.1. The van der Waals surface area contributed by atoms with Gasteiger partial charge in [-0.2, -0.15) is 0 Å². The lowest BCUT2D eigenvalue weighted by molar-refractivity contribution is 0.356. The second-order valence-corrected chi connectivity index (χ2v) is 5.72. The Kier molecular flexibility index (Phi) is 3.68. The van der Waals surface area contributed by atoms with Gasteiger partial charge < -0.3 is 14.8 Å². The van der Waals surface area contributed by atoms with Gasteiger partial charge in [-0.3, -0.25) is 10.2 Å². The zero-order valence-electron chi connectivity index (χ0n) is 13.8. The lowest BCUT2D eigenvalue weighted by Crippen LogP contribution is -1.99. The number of H-pyrrole nitrogens is 2. The van der Waals surface area contributed by atoms with E-state index in [2.05, 4.69) is 15.5 Å². The highest BCUT2D eigenvalue weighted by Crippen LogP contribution is 2.43. The molecule has 26 heavy (non-hydrogen) atoms. The van der Waals surface area contributed by atoms with Crippen LogP contribution in [0.1, 0.15) is 0 Å². The van der Waals surface area contributed by atoms with E-state index in [0.29, 0.717) is 35.0 Å². The van der Waals surface area contributed by atoms with E-state index < -0.39 is 23.1 Å². The number of aromatic nitrogens is 2.